The topological polar surface area (TPSA) is 12.0 Å². The monoisotopic (exact) mass is 193 g/mol. The molecule has 13 heavy (non-hydrogen) atoms. The second-order valence-electron chi connectivity index (χ2n) is 3.88. The average Bonchev–Trinajstić information content (AvgIpc) is 2.06. The summed E-state index contributed by atoms with van der Waals surface area (Å²) in [5, 5.41) is 4.17. The van der Waals surface area contributed by atoms with Crippen LogP contribution in [0.4, 0.5) is 5.69 Å². The summed E-state index contributed by atoms with van der Waals surface area (Å²) >= 11 is 6.07. The molecule has 0 unspecified atom stereocenters. The molecule has 0 radical (unpaired) electrons. The molecule has 68 valence electrons. The van der Waals surface area contributed by atoms with E-state index in [0.717, 1.165) is 16.3 Å². The molecular formula is C11H12ClN. The van der Waals surface area contributed by atoms with Gasteiger partial charge in [0.2, 0.25) is 0 Å². The highest BCUT2D eigenvalue weighted by atomic mass is 35.5. The third-order valence-electron chi connectivity index (χ3n) is 2.17. The third-order valence-corrected chi connectivity index (χ3v) is 2.49. The lowest BCUT2D eigenvalue weighted by atomic mass is 9.97. The Labute approximate surface area is 83.4 Å². The second kappa shape index (κ2) is 2.78. The Kier molecular flexibility index (Phi) is 1.85. The van der Waals surface area contributed by atoms with Gasteiger partial charge in [0.05, 0.1) is 16.2 Å². The Morgan fingerprint density at radius 2 is 2.08 bits per heavy atom. The number of benzene rings is 1. The van der Waals surface area contributed by atoms with Crippen LogP contribution in [0.25, 0.3) is 6.08 Å². The van der Waals surface area contributed by atoms with E-state index in [4.69, 9.17) is 11.6 Å². The van der Waals surface area contributed by atoms with E-state index in [2.05, 4.69) is 37.4 Å². The number of para-hydroxylation sites is 1. The number of fused-ring (bicyclic) bond motifs is 1. The Bertz CT molecular complexity index is 366. The van der Waals surface area contributed by atoms with Crippen molar-refractivity contribution in [3.63, 3.8) is 0 Å². The van der Waals surface area contributed by atoms with E-state index in [9.17, 15) is 0 Å². The van der Waals surface area contributed by atoms with Crippen molar-refractivity contribution in [3.05, 3.63) is 34.9 Å². The molecule has 0 saturated heterocycles. The van der Waals surface area contributed by atoms with Gasteiger partial charge in [-0.05, 0) is 25.5 Å². The van der Waals surface area contributed by atoms with Crippen LogP contribution in [0.15, 0.2) is 24.3 Å². The van der Waals surface area contributed by atoms with Crippen LogP contribution in [0.5, 0.6) is 0 Å². The van der Waals surface area contributed by atoms with E-state index >= 15 is 0 Å². The summed E-state index contributed by atoms with van der Waals surface area (Å²) < 4.78 is 0. The first-order valence-corrected chi connectivity index (χ1v) is 4.72. The van der Waals surface area contributed by atoms with Gasteiger partial charge in [-0.2, -0.15) is 0 Å². The average molecular weight is 194 g/mol. The molecule has 0 fully saturated rings. The largest absolute Gasteiger partial charge is 0.375 e. The van der Waals surface area contributed by atoms with Gasteiger partial charge in [0, 0.05) is 0 Å². The molecule has 2 heteroatoms. The van der Waals surface area contributed by atoms with Gasteiger partial charge in [-0.15, -0.1) is 0 Å². The number of anilines is 1. The zero-order valence-corrected chi connectivity index (χ0v) is 8.52. The van der Waals surface area contributed by atoms with Gasteiger partial charge in [-0.25, -0.2) is 0 Å². The van der Waals surface area contributed by atoms with Crippen LogP contribution in [0, 0.1) is 0 Å². The zero-order valence-electron chi connectivity index (χ0n) is 7.76. The van der Waals surface area contributed by atoms with Crippen molar-refractivity contribution >= 4 is 23.4 Å². The Hall–Kier alpha value is -0.950. The first-order valence-electron chi connectivity index (χ1n) is 4.34. The molecule has 0 atom stereocenters. The van der Waals surface area contributed by atoms with E-state index in [1.165, 1.54) is 0 Å². The number of hydrogen-bond acceptors (Lipinski definition) is 1. The number of nitrogens with one attached hydrogen (secondary N) is 1. The summed E-state index contributed by atoms with van der Waals surface area (Å²) in [6, 6.07) is 5.92. The zero-order chi connectivity index (χ0) is 9.47. The maximum absolute atomic E-state index is 6.07. The molecule has 1 nitrogen and oxygen atoms in total. The minimum absolute atomic E-state index is 0.00199. The van der Waals surface area contributed by atoms with Crippen molar-refractivity contribution in [2.45, 2.75) is 19.4 Å². The second-order valence-corrected chi connectivity index (χ2v) is 4.29. The summed E-state index contributed by atoms with van der Waals surface area (Å²) in [6.45, 7) is 4.24. The molecule has 1 aromatic rings. The van der Waals surface area contributed by atoms with Gasteiger partial charge in [0.15, 0.2) is 0 Å². The normalized spacial score (nSPS) is 17.8. The van der Waals surface area contributed by atoms with Crippen LogP contribution in [0.3, 0.4) is 0 Å². The molecule has 2 rings (SSSR count). The van der Waals surface area contributed by atoms with Crippen LogP contribution < -0.4 is 5.32 Å². The predicted molar refractivity (Wildman–Crippen MR) is 58.2 cm³/mol. The molecule has 0 aromatic heterocycles. The van der Waals surface area contributed by atoms with Crippen LogP contribution in [0.2, 0.25) is 5.02 Å². The van der Waals surface area contributed by atoms with Crippen LogP contribution in [-0.2, 0) is 0 Å². The van der Waals surface area contributed by atoms with Crippen LogP contribution in [0.1, 0.15) is 19.4 Å². The fourth-order valence-corrected chi connectivity index (χ4v) is 1.70. The number of hydrogen-bond donors (Lipinski definition) is 1. The molecule has 1 N–H and O–H groups in total. The molecule has 1 heterocycles. The van der Waals surface area contributed by atoms with Gasteiger partial charge in [0.1, 0.15) is 0 Å². The lowest BCUT2D eigenvalue weighted by Crippen LogP contribution is -2.30. The van der Waals surface area contributed by atoms with Gasteiger partial charge >= 0.3 is 0 Å². The summed E-state index contributed by atoms with van der Waals surface area (Å²) in [6.07, 6.45) is 4.25. The summed E-state index contributed by atoms with van der Waals surface area (Å²) in [5.74, 6) is 0. The maximum atomic E-state index is 6.07. The quantitative estimate of drug-likeness (QED) is 0.665. The van der Waals surface area contributed by atoms with E-state index in [0.29, 0.717) is 0 Å². The Morgan fingerprint density at radius 1 is 1.31 bits per heavy atom. The Morgan fingerprint density at radius 3 is 2.85 bits per heavy atom. The van der Waals surface area contributed by atoms with Crippen molar-refractivity contribution in [1.82, 2.24) is 0 Å². The van der Waals surface area contributed by atoms with E-state index < -0.39 is 0 Å². The Balaban J connectivity index is 2.54. The lowest BCUT2D eigenvalue weighted by Gasteiger charge is -2.29. The van der Waals surface area contributed by atoms with Gasteiger partial charge in [-0.3, -0.25) is 0 Å². The van der Waals surface area contributed by atoms with E-state index in [-0.39, 0.29) is 5.54 Å². The molecule has 0 amide bonds. The summed E-state index contributed by atoms with van der Waals surface area (Å²) in [7, 11) is 0. The van der Waals surface area contributed by atoms with Crippen molar-refractivity contribution < 1.29 is 0 Å². The van der Waals surface area contributed by atoms with E-state index in [1.54, 1.807) is 0 Å². The molecule has 0 bridgehead atoms. The summed E-state index contributed by atoms with van der Waals surface area (Å²) in [5.41, 5.74) is 2.20. The standard InChI is InChI=1S/C11H12ClN/c1-11(2)7-6-8-4-3-5-9(12)10(8)13-11/h3-7,13H,1-2H3. The minimum atomic E-state index is -0.00199. The number of rotatable bonds is 0. The van der Waals surface area contributed by atoms with Crippen molar-refractivity contribution in [2.75, 3.05) is 5.32 Å². The first-order chi connectivity index (χ1) is 6.08. The predicted octanol–water partition coefficient (Wildman–Crippen LogP) is 3.56. The summed E-state index contributed by atoms with van der Waals surface area (Å²) in [4.78, 5) is 0. The van der Waals surface area contributed by atoms with Crippen molar-refractivity contribution in [3.8, 4) is 0 Å². The van der Waals surface area contributed by atoms with Gasteiger partial charge in [0.25, 0.3) is 0 Å². The van der Waals surface area contributed by atoms with Crippen molar-refractivity contribution in [1.29, 1.82) is 0 Å². The van der Waals surface area contributed by atoms with Crippen LogP contribution in [-0.4, -0.2) is 5.54 Å². The van der Waals surface area contributed by atoms with E-state index in [1.807, 2.05) is 12.1 Å². The number of halogens is 1. The highest BCUT2D eigenvalue weighted by Crippen LogP contribution is 2.33. The SMILES string of the molecule is CC1(C)C=Cc2cccc(Cl)c2N1. The van der Waals surface area contributed by atoms with Gasteiger partial charge in [-0.1, -0.05) is 35.9 Å². The minimum Gasteiger partial charge on any atom is -0.375 e. The molecule has 1 aliphatic rings. The third kappa shape index (κ3) is 1.56. The fraction of sp³-hybridized carbons (Fsp3) is 0.273. The molecule has 1 aromatic carbocycles. The highest BCUT2D eigenvalue weighted by molar-refractivity contribution is 6.33. The maximum Gasteiger partial charge on any atom is 0.0643 e. The molecule has 1 aliphatic heterocycles. The lowest BCUT2D eigenvalue weighted by molar-refractivity contribution is 0.711. The van der Waals surface area contributed by atoms with Gasteiger partial charge < -0.3 is 5.32 Å². The smallest absolute Gasteiger partial charge is 0.0643 e. The molecule has 0 spiro atoms. The molecular weight excluding hydrogens is 182 g/mol. The van der Waals surface area contributed by atoms with Crippen LogP contribution >= 0.6 is 11.6 Å². The highest BCUT2D eigenvalue weighted by Gasteiger charge is 2.20. The molecule has 0 aliphatic carbocycles. The van der Waals surface area contributed by atoms with Crippen molar-refractivity contribution in [2.24, 2.45) is 0 Å². The molecule has 0 saturated carbocycles. The fourth-order valence-electron chi connectivity index (χ4n) is 1.47. The first kappa shape index (κ1) is 8.64.